The van der Waals surface area contributed by atoms with Crippen LogP contribution in [0.1, 0.15) is 5.56 Å². The van der Waals surface area contributed by atoms with Crippen LogP contribution in [0.2, 0.25) is 0 Å². The van der Waals surface area contributed by atoms with Crippen LogP contribution in [0.3, 0.4) is 0 Å². The second kappa shape index (κ2) is 3.71. The van der Waals surface area contributed by atoms with Crippen LogP contribution >= 0.6 is 22.6 Å². The molecule has 0 saturated heterocycles. The molecule has 3 nitrogen and oxygen atoms in total. The number of fused-ring (bicyclic) bond motifs is 3. The molecule has 0 fully saturated rings. The Morgan fingerprint density at radius 3 is 3.00 bits per heavy atom. The van der Waals surface area contributed by atoms with Crippen LogP contribution in [0, 0.1) is 3.57 Å². The molecule has 80 valence electrons. The number of aromatic nitrogens is 2. The molecule has 2 N–H and O–H groups in total. The zero-order valence-corrected chi connectivity index (χ0v) is 10.5. The number of rotatable bonds is 1. The van der Waals surface area contributed by atoms with Crippen LogP contribution in [-0.2, 0) is 6.61 Å². The van der Waals surface area contributed by atoms with Crippen LogP contribution in [0.5, 0.6) is 0 Å². The Labute approximate surface area is 106 Å². The van der Waals surface area contributed by atoms with Crippen molar-refractivity contribution < 1.29 is 5.11 Å². The monoisotopic (exact) mass is 324 g/mol. The number of halogens is 1. The molecule has 0 unspecified atom stereocenters. The number of pyridine rings is 1. The third-order valence-corrected chi connectivity index (χ3v) is 3.30. The standard InChI is InChI=1S/C12H9IN2O/c13-8-4-10-9-3-1-2-7(6-16)11(9)15-12(10)14-5-8/h1-5,16H,6H2,(H,14,15). The van der Waals surface area contributed by atoms with E-state index in [0.717, 1.165) is 31.1 Å². The minimum absolute atomic E-state index is 0.0429. The number of para-hydroxylation sites is 1. The van der Waals surface area contributed by atoms with Crippen molar-refractivity contribution in [2.75, 3.05) is 0 Å². The van der Waals surface area contributed by atoms with Gasteiger partial charge in [0.05, 0.1) is 12.1 Å². The Morgan fingerprint density at radius 1 is 1.31 bits per heavy atom. The molecule has 0 radical (unpaired) electrons. The normalized spacial score (nSPS) is 11.4. The predicted octanol–water partition coefficient (Wildman–Crippen LogP) is 2.81. The molecule has 0 aliphatic heterocycles. The number of benzene rings is 1. The number of aromatic amines is 1. The summed E-state index contributed by atoms with van der Waals surface area (Å²) >= 11 is 2.25. The van der Waals surface area contributed by atoms with E-state index in [0.29, 0.717) is 0 Å². The van der Waals surface area contributed by atoms with Crippen molar-refractivity contribution >= 4 is 44.5 Å². The number of hydrogen-bond donors (Lipinski definition) is 2. The van der Waals surface area contributed by atoms with Crippen molar-refractivity contribution in [2.45, 2.75) is 6.61 Å². The Morgan fingerprint density at radius 2 is 2.19 bits per heavy atom. The Balaban J connectivity index is 2.50. The summed E-state index contributed by atoms with van der Waals surface area (Å²) < 4.78 is 1.11. The summed E-state index contributed by atoms with van der Waals surface area (Å²) in [5.41, 5.74) is 2.76. The lowest BCUT2D eigenvalue weighted by molar-refractivity contribution is 0.283. The fourth-order valence-electron chi connectivity index (χ4n) is 1.97. The van der Waals surface area contributed by atoms with Gasteiger partial charge in [0.1, 0.15) is 5.65 Å². The van der Waals surface area contributed by atoms with E-state index in [2.05, 4.69) is 38.6 Å². The van der Waals surface area contributed by atoms with Gasteiger partial charge < -0.3 is 10.1 Å². The molecule has 4 heteroatoms. The molecule has 0 spiro atoms. The van der Waals surface area contributed by atoms with Crippen molar-refractivity contribution in [3.8, 4) is 0 Å². The number of nitrogens with zero attached hydrogens (tertiary/aromatic N) is 1. The van der Waals surface area contributed by atoms with Gasteiger partial charge in [0.2, 0.25) is 0 Å². The van der Waals surface area contributed by atoms with Gasteiger partial charge in [-0.1, -0.05) is 18.2 Å². The molecule has 3 aromatic rings. The summed E-state index contributed by atoms with van der Waals surface area (Å²) in [5, 5.41) is 11.5. The van der Waals surface area contributed by atoms with Crippen LogP contribution in [-0.4, -0.2) is 15.1 Å². The van der Waals surface area contributed by atoms with Gasteiger partial charge in [-0.15, -0.1) is 0 Å². The SMILES string of the molecule is OCc1cccc2c1[nH]c1ncc(I)cc12. The van der Waals surface area contributed by atoms with Gasteiger partial charge in [0.15, 0.2) is 0 Å². The van der Waals surface area contributed by atoms with Crippen molar-refractivity contribution in [2.24, 2.45) is 0 Å². The van der Waals surface area contributed by atoms with E-state index < -0.39 is 0 Å². The maximum atomic E-state index is 9.27. The highest BCUT2D eigenvalue weighted by molar-refractivity contribution is 14.1. The third kappa shape index (κ3) is 1.41. The summed E-state index contributed by atoms with van der Waals surface area (Å²) in [6, 6.07) is 8.03. The highest BCUT2D eigenvalue weighted by atomic mass is 127. The maximum Gasteiger partial charge on any atom is 0.138 e. The summed E-state index contributed by atoms with van der Waals surface area (Å²) in [5.74, 6) is 0. The molecule has 0 amide bonds. The minimum Gasteiger partial charge on any atom is -0.392 e. The molecule has 0 bridgehead atoms. The van der Waals surface area contributed by atoms with E-state index in [1.165, 1.54) is 0 Å². The molecule has 3 rings (SSSR count). The Kier molecular flexibility index (Phi) is 2.33. The van der Waals surface area contributed by atoms with Gasteiger partial charge in [-0.2, -0.15) is 0 Å². The average Bonchev–Trinajstić information content (AvgIpc) is 2.67. The molecule has 16 heavy (non-hydrogen) atoms. The predicted molar refractivity (Wildman–Crippen MR) is 72.2 cm³/mol. The first-order chi connectivity index (χ1) is 7.79. The number of hydrogen-bond acceptors (Lipinski definition) is 2. The fraction of sp³-hybridized carbons (Fsp3) is 0.0833. The largest absolute Gasteiger partial charge is 0.392 e. The highest BCUT2D eigenvalue weighted by Gasteiger charge is 2.08. The topological polar surface area (TPSA) is 48.9 Å². The molecule has 0 aliphatic carbocycles. The summed E-state index contributed by atoms with van der Waals surface area (Å²) in [4.78, 5) is 7.60. The smallest absolute Gasteiger partial charge is 0.138 e. The molecule has 1 aromatic carbocycles. The van der Waals surface area contributed by atoms with Crippen molar-refractivity contribution in [3.63, 3.8) is 0 Å². The van der Waals surface area contributed by atoms with Crippen LogP contribution in [0.15, 0.2) is 30.5 Å². The van der Waals surface area contributed by atoms with E-state index in [4.69, 9.17) is 0 Å². The van der Waals surface area contributed by atoms with Gasteiger partial charge in [-0.25, -0.2) is 4.98 Å². The molecular formula is C12H9IN2O. The first-order valence-electron chi connectivity index (χ1n) is 4.95. The minimum atomic E-state index is 0.0429. The quantitative estimate of drug-likeness (QED) is 0.676. The number of H-pyrrole nitrogens is 1. The molecule has 2 aromatic heterocycles. The summed E-state index contributed by atoms with van der Waals surface area (Å²) in [6.07, 6.45) is 1.83. The lowest BCUT2D eigenvalue weighted by Gasteiger charge is -1.97. The zero-order valence-electron chi connectivity index (χ0n) is 8.37. The van der Waals surface area contributed by atoms with Crippen LogP contribution in [0.25, 0.3) is 21.9 Å². The van der Waals surface area contributed by atoms with E-state index >= 15 is 0 Å². The van der Waals surface area contributed by atoms with Gasteiger partial charge >= 0.3 is 0 Å². The van der Waals surface area contributed by atoms with Crippen LogP contribution < -0.4 is 0 Å². The van der Waals surface area contributed by atoms with Gasteiger partial charge in [0, 0.05) is 26.1 Å². The fourth-order valence-corrected chi connectivity index (χ4v) is 2.42. The van der Waals surface area contributed by atoms with Gasteiger partial charge in [-0.3, -0.25) is 0 Å². The first kappa shape index (κ1) is 10.0. The lowest BCUT2D eigenvalue weighted by atomic mass is 10.1. The van der Waals surface area contributed by atoms with Crippen molar-refractivity contribution in [1.82, 2.24) is 9.97 Å². The lowest BCUT2D eigenvalue weighted by Crippen LogP contribution is -1.83. The van der Waals surface area contributed by atoms with Crippen molar-refractivity contribution in [1.29, 1.82) is 0 Å². The number of aliphatic hydroxyl groups excluding tert-OH is 1. The molecule has 0 atom stereocenters. The molecule has 0 saturated carbocycles. The number of nitrogens with one attached hydrogen (secondary N) is 1. The molecular weight excluding hydrogens is 315 g/mol. The highest BCUT2D eigenvalue weighted by Crippen LogP contribution is 2.27. The maximum absolute atomic E-state index is 9.27. The van der Waals surface area contributed by atoms with E-state index in [1.54, 1.807) is 0 Å². The van der Waals surface area contributed by atoms with E-state index in [-0.39, 0.29) is 6.61 Å². The molecule has 2 heterocycles. The Bertz CT molecular complexity index is 675. The summed E-state index contributed by atoms with van der Waals surface area (Å²) in [7, 11) is 0. The molecule has 0 aliphatic rings. The van der Waals surface area contributed by atoms with Gasteiger partial charge in [0.25, 0.3) is 0 Å². The third-order valence-electron chi connectivity index (χ3n) is 2.71. The number of aliphatic hydroxyl groups is 1. The van der Waals surface area contributed by atoms with E-state index in [1.807, 2.05) is 24.4 Å². The second-order valence-electron chi connectivity index (χ2n) is 3.67. The summed E-state index contributed by atoms with van der Waals surface area (Å²) in [6.45, 7) is 0.0429. The first-order valence-corrected chi connectivity index (χ1v) is 6.03. The van der Waals surface area contributed by atoms with Crippen molar-refractivity contribution in [3.05, 3.63) is 39.6 Å². The van der Waals surface area contributed by atoms with E-state index in [9.17, 15) is 5.11 Å². The average molecular weight is 324 g/mol. The van der Waals surface area contributed by atoms with Crippen LogP contribution in [0.4, 0.5) is 0 Å². The zero-order chi connectivity index (χ0) is 11.1. The second-order valence-corrected chi connectivity index (χ2v) is 4.92. The Hall–Kier alpha value is -1.14. The van der Waals surface area contributed by atoms with Gasteiger partial charge in [-0.05, 0) is 28.7 Å².